The van der Waals surface area contributed by atoms with E-state index >= 15 is 0 Å². The molecule has 1 amide bonds. The number of tetrazole rings is 1. The van der Waals surface area contributed by atoms with Crippen LogP contribution in [0.2, 0.25) is 0 Å². The predicted octanol–water partition coefficient (Wildman–Crippen LogP) is 2.10. The van der Waals surface area contributed by atoms with Crippen LogP contribution in [0.3, 0.4) is 0 Å². The topological polar surface area (TPSA) is 80.0 Å². The third kappa shape index (κ3) is 4.39. The van der Waals surface area contributed by atoms with E-state index in [1.165, 1.54) is 10.9 Å². The quantitative estimate of drug-likeness (QED) is 0.647. The van der Waals surface area contributed by atoms with E-state index in [0.29, 0.717) is 37.8 Å². The van der Waals surface area contributed by atoms with Gasteiger partial charge in [0, 0.05) is 37.9 Å². The second-order valence-electron chi connectivity index (χ2n) is 6.78. The number of nitrogens with zero attached hydrogens (tertiary/aromatic N) is 7. The molecule has 156 valence electrons. The van der Waals surface area contributed by atoms with Crippen molar-refractivity contribution in [3.05, 3.63) is 54.2 Å². The number of hydrogen-bond acceptors (Lipinski definition) is 6. The lowest BCUT2D eigenvalue weighted by atomic mass is 10.2. The van der Waals surface area contributed by atoms with Gasteiger partial charge >= 0.3 is 6.18 Å². The Bertz CT molecular complexity index is 997. The predicted molar refractivity (Wildman–Crippen MR) is 101 cm³/mol. The van der Waals surface area contributed by atoms with Crippen molar-refractivity contribution in [1.29, 1.82) is 0 Å². The molecule has 1 aliphatic rings. The van der Waals surface area contributed by atoms with E-state index in [1.807, 2.05) is 35.2 Å². The molecule has 1 saturated heterocycles. The summed E-state index contributed by atoms with van der Waals surface area (Å²) in [7, 11) is 0. The molecule has 3 heterocycles. The number of alkyl halides is 3. The second-order valence-corrected chi connectivity index (χ2v) is 6.78. The first-order valence-corrected chi connectivity index (χ1v) is 9.29. The number of hydrogen-bond donors (Lipinski definition) is 0. The van der Waals surface area contributed by atoms with E-state index in [4.69, 9.17) is 0 Å². The monoisotopic (exact) mass is 417 g/mol. The van der Waals surface area contributed by atoms with Gasteiger partial charge in [-0.2, -0.15) is 18.0 Å². The van der Waals surface area contributed by atoms with E-state index in [9.17, 15) is 18.0 Å². The summed E-state index contributed by atoms with van der Waals surface area (Å²) in [5.74, 6) is 0.759. The van der Waals surface area contributed by atoms with Crippen molar-refractivity contribution in [3.63, 3.8) is 0 Å². The zero-order valence-electron chi connectivity index (χ0n) is 15.8. The largest absolute Gasteiger partial charge is 0.417 e. The number of carbonyl (C=O) groups is 1. The van der Waals surface area contributed by atoms with Crippen molar-refractivity contribution in [2.45, 2.75) is 12.7 Å². The summed E-state index contributed by atoms with van der Waals surface area (Å²) in [4.78, 5) is 21.2. The number of carbonyl (C=O) groups excluding carboxylic acids is 1. The first-order chi connectivity index (χ1) is 14.4. The third-order valence-corrected chi connectivity index (χ3v) is 4.79. The van der Waals surface area contributed by atoms with Crippen LogP contribution in [-0.4, -0.2) is 62.2 Å². The summed E-state index contributed by atoms with van der Waals surface area (Å²) in [5, 5.41) is 12.1. The molecule has 11 heteroatoms. The Hall–Kier alpha value is -3.50. The Morgan fingerprint density at radius 1 is 1.00 bits per heavy atom. The minimum atomic E-state index is -4.41. The van der Waals surface area contributed by atoms with Crippen LogP contribution in [-0.2, 0) is 17.5 Å². The molecule has 0 spiro atoms. The maximum Gasteiger partial charge on any atom is 0.417 e. The van der Waals surface area contributed by atoms with Gasteiger partial charge in [-0.05, 0) is 17.3 Å². The van der Waals surface area contributed by atoms with Crippen molar-refractivity contribution in [2.75, 3.05) is 31.1 Å². The second kappa shape index (κ2) is 8.09. The molecule has 0 radical (unpaired) electrons. The Labute approximate surface area is 169 Å². The molecule has 8 nitrogen and oxygen atoms in total. The summed E-state index contributed by atoms with van der Waals surface area (Å²) >= 11 is 0. The standard InChI is InChI=1S/C19H18F3N7O/c20-19(21,22)15-6-7-16(23-12-15)27-8-10-28(11-9-27)17(30)13-29-25-18(24-26-29)14-4-2-1-3-5-14/h1-7,12H,8-11,13H2. The van der Waals surface area contributed by atoms with E-state index in [0.717, 1.165) is 17.8 Å². The summed E-state index contributed by atoms with van der Waals surface area (Å²) < 4.78 is 38.0. The van der Waals surface area contributed by atoms with Gasteiger partial charge in [-0.15, -0.1) is 10.2 Å². The molecule has 0 N–H and O–H groups in total. The minimum Gasteiger partial charge on any atom is -0.353 e. The van der Waals surface area contributed by atoms with Crippen LogP contribution in [0.5, 0.6) is 0 Å². The fraction of sp³-hybridized carbons (Fsp3) is 0.316. The molecule has 0 aliphatic carbocycles. The molecular weight excluding hydrogens is 399 g/mol. The van der Waals surface area contributed by atoms with E-state index in [-0.39, 0.29) is 12.5 Å². The average Bonchev–Trinajstić information content (AvgIpc) is 3.22. The first kappa shape index (κ1) is 19.8. The Balaban J connectivity index is 1.32. The smallest absolute Gasteiger partial charge is 0.353 e. The minimum absolute atomic E-state index is 0.0294. The van der Waals surface area contributed by atoms with Crippen molar-refractivity contribution >= 4 is 11.7 Å². The van der Waals surface area contributed by atoms with Gasteiger partial charge in [0.2, 0.25) is 11.7 Å². The molecule has 0 bridgehead atoms. The van der Waals surface area contributed by atoms with Crippen LogP contribution >= 0.6 is 0 Å². The number of halogens is 3. The summed E-state index contributed by atoms with van der Waals surface area (Å²) in [5.41, 5.74) is 0.0316. The van der Waals surface area contributed by atoms with Crippen LogP contribution in [0.15, 0.2) is 48.7 Å². The summed E-state index contributed by atoms with van der Waals surface area (Å²) in [6.07, 6.45) is -3.58. The van der Waals surface area contributed by atoms with Gasteiger partial charge in [0.05, 0.1) is 5.56 Å². The molecule has 0 unspecified atom stereocenters. The fourth-order valence-corrected chi connectivity index (χ4v) is 3.16. The van der Waals surface area contributed by atoms with Crippen LogP contribution < -0.4 is 4.90 Å². The van der Waals surface area contributed by atoms with Crippen LogP contribution in [0.4, 0.5) is 19.0 Å². The highest BCUT2D eigenvalue weighted by molar-refractivity contribution is 5.76. The van der Waals surface area contributed by atoms with E-state index in [2.05, 4.69) is 20.4 Å². The van der Waals surface area contributed by atoms with Gasteiger partial charge < -0.3 is 9.80 Å². The number of rotatable bonds is 4. The average molecular weight is 417 g/mol. The highest BCUT2D eigenvalue weighted by Gasteiger charge is 2.31. The van der Waals surface area contributed by atoms with Crippen molar-refractivity contribution in [3.8, 4) is 11.4 Å². The van der Waals surface area contributed by atoms with Gasteiger partial charge in [0.1, 0.15) is 12.4 Å². The van der Waals surface area contributed by atoms with Crippen molar-refractivity contribution in [2.24, 2.45) is 0 Å². The third-order valence-electron chi connectivity index (χ3n) is 4.79. The number of amides is 1. The molecule has 0 saturated carbocycles. The Kier molecular flexibility index (Phi) is 5.34. The fourth-order valence-electron chi connectivity index (χ4n) is 3.16. The number of benzene rings is 1. The molecule has 1 aliphatic heterocycles. The maximum atomic E-state index is 12.7. The number of aromatic nitrogens is 5. The van der Waals surface area contributed by atoms with Crippen molar-refractivity contribution in [1.82, 2.24) is 30.1 Å². The molecule has 1 aromatic carbocycles. The van der Waals surface area contributed by atoms with Gasteiger partial charge in [-0.1, -0.05) is 30.3 Å². The zero-order valence-corrected chi connectivity index (χ0v) is 15.8. The first-order valence-electron chi connectivity index (χ1n) is 9.29. The zero-order chi connectivity index (χ0) is 21.1. The van der Waals surface area contributed by atoms with Crippen LogP contribution in [0.1, 0.15) is 5.56 Å². The molecular formula is C19H18F3N7O. The van der Waals surface area contributed by atoms with Gasteiger partial charge in [0.25, 0.3) is 0 Å². The van der Waals surface area contributed by atoms with Crippen molar-refractivity contribution < 1.29 is 18.0 Å². The van der Waals surface area contributed by atoms with Gasteiger partial charge in [0.15, 0.2) is 0 Å². The lowest BCUT2D eigenvalue weighted by Gasteiger charge is -2.35. The lowest BCUT2D eigenvalue weighted by molar-refractivity contribution is -0.138. The van der Waals surface area contributed by atoms with Crippen LogP contribution in [0.25, 0.3) is 11.4 Å². The molecule has 30 heavy (non-hydrogen) atoms. The highest BCUT2D eigenvalue weighted by atomic mass is 19.4. The SMILES string of the molecule is O=C(Cn1nnc(-c2ccccc2)n1)N1CCN(c2ccc(C(F)(F)F)cn2)CC1. The molecule has 0 atom stereocenters. The molecule has 1 fully saturated rings. The van der Waals surface area contributed by atoms with E-state index in [1.54, 1.807) is 4.90 Å². The maximum absolute atomic E-state index is 12.7. The van der Waals surface area contributed by atoms with Crippen LogP contribution in [0, 0.1) is 0 Å². The summed E-state index contributed by atoms with van der Waals surface area (Å²) in [6.45, 7) is 1.79. The normalized spacial score (nSPS) is 14.8. The molecule has 3 aromatic rings. The van der Waals surface area contributed by atoms with Gasteiger partial charge in [-0.25, -0.2) is 4.98 Å². The number of anilines is 1. The number of piperazine rings is 1. The Morgan fingerprint density at radius 3 is 2.37 bits per heavy atom. The Morgan fingerprint density at radius 2 is 1.73 bits per heavy atom. The van der Waals surface area contributed by atoms with Gasteiger partial charge in [-0.3, -0.25) is 4.79 Å². The molecule has 4 rings (SSSR count). The van der Waals surface area contributed by atoms with E-state index < -0.39 is 11.7 Å². The molecule has 2 aromatic heterocycles. The number of pyridine rings is 1. The summed E-state index contributed by atoms with van der Waals surface area (Å²) in [6, 6.07) is 11.7. The highest BCUT2D eigenvalue weighted by Crippen LogP contribution is 2.29. The lowest BCUT2D eigenvalue weighted by Crippen LogP contribution is -2.50.